The molecule has 8 nitrogen and oxygen atoms in total. The van der Waals surface area contributed by atoms with Crippen LogP contribution in [0.15, 0.2) is 349 Å². The van der Waals surface area contributed by atoms with E-state index in [1.807, 2.05) is 0 Å². The molecule has 6 heterocycles. The van der Waals surface area contributed by atoms with Crippen LogP contribution in [-0.2, 0) is 0 Å². The Labute approximate surface area is 593 Å². The van der Waals surface area contributed by atoms with Gasteiger partial charge in [0.25, 0.3) is 0 Å². The van der Waals surface area contributed by atoms with Crippen LogP contribution in [0.4, 0.5) is 0 Å². The van der Waals surface area contributed by atoms with E-state index >= 15 is 0 Å². The number of fused-ring (bicyclic) bond motifs is 22. The first-order valence-electron chi connectivity index (χ1n) is 35.2. The third-order valence-corrected chi connectivity index (χ3v) is 21.3. The minimum Gasteiger partial charge on any atom is -0.456 e. The number of hydrogen-bond acceptors (Lipinski definition) is 6. The Morgan fingerprint density at radius 3 is 1.06 bits per heavy atom. The van der Waals surface area contributed by atoms with Gasteiger partial charge in [-0.25, -0.2) is 19.9 Å². The molecule has 0 fully saturated rings. The van der Waals surface area contributed by atoms with Gasteiger partial charge in [0.1, 0.15) is 22.3 Å². The summed E-state index contributed by atoms with van der Waals surface area (Å²) in [4.78, 5) is 21.6. The molecule has 0 unspecified atom stereocenters. The summed E-state index contributed by atoms with van der Waals surface area (Å²) < 4.78 is 17.5. The maximum atomic E-state index is 6.52. The number of furan rings is 2. The van der Waals surface area contributed by atoms with Crippen LogP contribution in [0.25, 0.3) is 220 Å². The summed E-state index contributed by atoms with van der Waals surface area (Å²) >= 11 is 0. The average molecular weight is 1330 g/mol. The number of para-hydroxylation sites is 2. The highest BCUT2D eigenvalue weighted by atomic mass is 16.3. The monoisotopic (exact) mass is 1320 g/mol. The molecule has 0 aliphatic heterocycles. The number of aromatic nitrogens is 6. The quantitative estimate of drug-likeness (QED) is 0.165. The molecule has 0 amide bonds. The molecular weight excluding hydrogens is 1270 g/mol. The van der Waals surface area contributed by atoms with Crippen molar-refractivity contribution in [1.82, 2.24) is 29.1 Å². The second-order valence-corrected chi connectivity index (χ2v) is 27.1. The molecule has 0 bridgehead atoms. The molecule has 0 saturated heterocycles. The van der Waals surface area contributed by atoms with Gasteiger partial charge in [-0.05, 0) is 155 Å². The predicted octanol–water partition coefficient (Wildman–Crippen LogP) is 25.7. The highest BCUT2D eigenvalue weighted by molar-refractivity contribution is 6.29. The normalized spacial score (nSPS) is 12.0. The van der Waals surface area contributed by atoms with Crippen LogP contribution in [0.1, 0.15) is 0 Å². The summed E-state index contributed by atoms with van der Waals surface area (Å²) in [7, 11) is 0. The van der Waals surface area contributed by atoms with E-state index in [4.69, 9.17) is 28.8 Å². The van der Waals surface area contributed by atoms with E-state index in [1.54, 1.807) is 0 Å². The summed E-state index contributed by atoms with van der Waals surface area (Å²) in [6.07, 6.45) is 0. The first-order valence-corrected chi connectivity index (χ1v) is 35.2. The molecule has 0 atom stereocenters. The van der Waals surface area contributed by atoms with Gasteiger partial charge in [0, 0.05) is 65.0 Å². The van der Waals surface area contributed by atoms with Gasteiger partial charge < -0.3 is 8.83 Å². The van der Waals surface area contributed by atoms with Crippen molar-refractivity contribution in [3.05, 3.63) is 340 Å². The average Bonchev–Trinajstić information content (AvgIpc) is 1.56. The summed E-state index contributed by atoms with van der Waals surface area (Å²) in [6, 6.07) is 120. The smallest absolute Gasteiger partial charge is 0.235 e. The van der Waals surface area contributed by atoms with E-state index in [1.165, 1.54) is 75.9 Å². The van der Waals surface area contributed by atoms with Crippen molar-refractivity contribution in [1.29, 1.82) is 0 Å². The minimum atomic E-state index is 0.629. The van der Waals surface area contributed by atoms with Crippen molar-refractivity contribution in [2.45, 2.75) is 0 Å². The lowest BCUT2D eigenvalue weighted by atomic mass is 9.98. The van der Waals surface area contributed by atoms with E-state index in [-0.39, 0.29) is 0 Å². The van der Waals surface area contributed by atoms with E-state index in [0.29, 0.717) is 11.9 Å². The highest BCUT2D eigenvalue weighted by Crippen LogP contribution is 2.46. The molecule has 8 heteroatoms. The van der Waals surface area contributed by atoms with Crippen LogP contribution in [0, 0.1) is 0 Å². The second-order valence-electron chi connectivity index (χ2n) is 27.1. The Hall–Kier alpha value is -14.1. The maximum absolute atomic E-state index is 6.52. The number of hydrogen-bond donors (Lipinski definition) is 0. The zero-order chi connectivity index (χ0) is 68.1. The molecule has 104 heavy (non-hydrogen) atoms. The van der Waals surface area contributed by atoms with Crippen LogP contribution in [0.2, 0.25) is 0 Å². The van der Waals surface area contributed by atoms with Crippen LogP contribution in [0.5, 0.6) is 0 Å². The van der Waals surface area contributed by atoms with Crippen LogP contribution >= 0.6 is 0 Å². The maximum Gasteiger partial charge on any atom is 0.235 e. The third-order valence-electron chi connectivity index (χ3n) is 21.3. The van der Waals surface area contributed by atoms with Gasteiger partial charge in [0.2, 0.25) is 11.9 Å². The van der Waals surface area contributed by atoms with E-state index in [0.717, 1.165) is 132 Å². The lowest BCUT2D eigenvalue weighted by Gasteiger charge is -2.13. The zero-order valence-corrected chi connectivity index (χ0v) is 55.8. The Balaban J connectivity index is 0.000000132. The molecule has 6 aromatic heterocycles. The number of rotatable bonds is 6. The number of nitrogens with zero attached hydrogens (tertiary/aromatic N) is 6. The van der Waals surface area contributed by atoms with Gasteiger partial charge >= 0.3 is 0 Å². The van der Waals surface area contributed by atoms with E-state index in [2.05, 4.69) is 349 Å². The largest absolute Gasteiger partial charge is 0.456 e. The van der Waals surface area contributed by atoms with Gasteiger partial charge in [-0.1, -0.05) is 261 Å². The topological polar surface area (TPSA) is 87.7 Å². The Kier molecular flexibility index (Phi) is 12.6. The molecule has 0 aliphatic carbocycles. The highest BCUT2D eigenvalue weighted by Gasteiger charge is 2.25. The molecule has 17 aromatic carbocycles. The van der Waals surface area contributed by atoms with Gasteiger partial charge in [-0.2, -0.15) is 0 Å². The van der Waals surface area contributed by atoms with Gasteiger partial charge in [-0.3, -0.25) is 9.13 Å². The first-order chi connectivity index (χ1) is 51.5. The molecule has 0 radical (unpaired) electrons. The third kappa shape index (κ3) is 8.92. The molecule has 23 rings (SSSR count). The van der Waals surface area contributed by atoms with E-state index < -0.39 is 0 Å². The zero-order valence-electron chi connectivity index (χ0n) is 55.8. The minimum absolute atomic E-state index is 0.629. The van der Waals surface area contributed by atoms with Crippen molar-refractivity contribution in [3.63, 3.8) is 0 Å². The summed E-state index contributed by atoms with van der Waals surface area (Å²) in [5.74, 6) is 1.27. The summed E-state index contributed by atoms with van der Waals surface area (Å²) in [6.45, 7) is 0. The molecule has 0 spiro atoms. The molecule has 0 aliphatic rings. The molecule has 482 valence electrons. The molecule has 23 aromatic rings. The fraction of sp³-hybridized carbons (Fsp3) is 0. The van der Waals surface area contributed by atoms with Crippen LogP contribution in [0.3, 0.4) is 0 Å². The molecular formula is C96H56N6O2. The van der Waals surface area contributed by atoms with Crippen molar-refractivity contribution in [3.8, 4) is 56.7 Å². The summed E-state index contributed by atoms with van der Waals surface area (Å²) in [5.41, 5.74) is 18.0. The fourth-order valence-electron chi connectivity index (χ4n) is 16.6. The van der Waals surface area contributed by atoms with Gasteiger partial charge in [0.15, 0.2) is 0 Å². The summed E-state index contributed by atoms with van der Waals surface area (Å²) in [5, 5.41) is 23.0. The van der Waals surface area contributed by atoms with Crippen molar-refractivity contribution in [2.24, 2.45) is 0 Å². The standard InChI is InChI=1S/C52H31N3O.C44H25N3O/c1-2-11-32(12-3-1)33-21-23-34(24-22-33)38-26-27-45-42(29-38)49-39-16-7-6-13-35(39)25-28-46(49)55(45)52-53-44-19-9-8-17-40(44)51(54-52)41-18-10-20-47-50(41)43-30-36-14-4-5-15-37(36)31-48(43)56-47;1-2-13-29-25-39-34(24-28(29)12-1)40-33(17-9-19-38(40)48-39)43-32-16-7-8-18-35(32)45-44(46-43)47-36-22-20-26-10-3-5-14-30(26)41(36)42-31-15-6-4-11-27(31)21-23-37(42)47/h1-31H;1-25H. The van der Waals surface area contributed by atoms with Gasteiger partial charge in [0.05, 0.1) is 44.5 Å². The second kappa shape index (κ2) is 22.7. The fourth-order valence-corrected chi connectivity index (χ4v) is 16.6. The first kappa shape index (κ1) is 57.8. The van der Waals surface area contributed by atoms with Crippen molar-refractivity contribution >= 4 is 163 Å². The Morgan fingerprint density at radius 1 is 0.202 bits per heavy atom. The number of benzene rings is 17. The van der Waals surface area contributed by atoms with E-state index in [9.17, 15) is 0 Å². The van der Waals surface area contributed by atoms with Crippen LogP contribution < -0.4 is 0 Å². The Morgan fingerprint density at radius 2 is 0.567 bits per heavy atom. The molecule has 0 N–H and O–H groups in total. The molecule has 0 saturated carbocycles. The lowest BCUT2D eigenvalue weighted by molar-refractivity contribution is 0.669. The van der Waals surface area contributed by atoms with Crippen molar-refractivity contribution < 1.29 is 8.83 Å². The Bertz CT molecular complexity index is 7460. The van der Waals surface area contributed by atoms with Crippen molar-refractivity contribution in [2.75, 3.05) is 0 Å². The lowest BCUT2D eigenvalue weighted by Crippen LogP contribution is -2.03. The predicted molar refractivity (Wildman–Crippen MR) is 432 cm³/mol. The SMILES string of the molecule is c1ccc(-c2ccc(-c3ccc4c(c3)c3c5ccccc5ccc3n4-c3nc(-c4cccc5oc6cc7ccccc7cc6c45)c4ccccc4n3)cc2)cc1.c1ccc2cc3c(cc2c1)oc1cccc(-c2nc(-n4c5ccc6ccccc6c5c5c6ccccc6ccc54)nc4ccccc24)c13. The van der Waals surface area contributed by atoms with Gasteiger partial charge in [-0.15, -0.1) is 0 Å². The van der Waals surface area contributed by atoms with Crippen LogP contribution in [-0.4, -0.2) is 29.1 Å².